The van der Waals surface area contributed by atoms with Gasteiger partial charge in [0.25, 0.3) is 0 Å². The molecule has 0 bridgehead atoms. The SMILES string of the molecule is C=C(c1cc2cc(F)ccc2[nH]1)N(C)CC(=O)N1CC(C(=O)Nc2ccccc2)CC1C#N. The van der Waals surface area contributed by atoms with Gasteiger partial charge in [-0.3, -0.25) is 9.59 Å². The van der Waals surface area contributed by atoms with Gasteiger partial charge in [-0.25, -0.2) is 4.39 Å². The molecule has 2 unspecified atom stereocenters. The Morgan fingerprint density at radius 2 is 2.03 bits per heavy atom. The highest BCUT2D eigenvalue weighted by atomic mass is 19.1. The van der Waals surface area contributed by atoms with E-state index >= 15 is 0 Å². The van der Waals surface area contributed by atoms with Crippen LogP contribution in [0.2, 0.25) is 0 Å². The maximum Gasteiger partial charge on any atom is 0.243 e. The van der Waals surface area contributed by atoms with Crippen LogP contribution in [0.5, 0.6) is 0 Å². The van der Waals surface area contributed by atoms with E-state index in [0.717, 1.165) is 5.52 Å². The summed E-state index contributed by atoms with van der Waals surface area (Å²) >= 11 is 0. The summed E-state index contributed by atoms with van der Waals surface area (Å²) < 4.78 is 13.5. The van der Waals surface area contributed by atoms with Gasteiger partial charge in [0.1, 0.15) is 11.9 Å². The number of amides is 2. The third-order valence-corrected chi connectivity index (χ3v) is 5.91. The van der Waals surface area contributed by atoms with Gasteiger partial charge >= 0.3 is 0 Å². The highest BCUT2D eigenvalue weighted by Crippen LogP contribution is 2.26. The smallest absolute Gasteiger partial charge is 0.243 e. The van der Waals surface area contributed by atoms with Crippen molar-refractivity contribution in [3.63, 3.8) is 0 Å². The molecule has 1 saturated heterocycles. The second-order valence-electron chi connectivity index (χ2n) is 8.20. The van der Waals surface area contributed by atoms with Crippen LogP contribution < -0.4 is 5.32 Å². The van der Waals surface area contributed by atoms with E-state index < -0.39 is 12.0 Å². The van der Waals surface area contributed by atoms with Crippen LogP contribution in [0.4, 0.5) is 10.1 Å². The number of carbonyl (C=O) groups is 2. The molecule has 168 valence electrons. The molecule has 2 heterocycles. The Morgan fingerprint density at radius 3 is 2.76 bits per heavy atom. The van der Waals surface area contributed by atoms with Crippen LogP contribution in [0.15, 0.2) is 61.2 Å². The summed E-state index contributed by atoms with van der Waals surface area (Å²) in [7, 11) is 1.73. The number of hydrogen-bond donors (Lipinski definition) is 2. The van der Waals surface area contributed by atoms with Gasteiger partial charge in [0, 0.05) is 30.2 Å². The number of nitrogens with one attached hydrogen (secondary N) is 2. The Bertz CT molecular complexity index is 1250. The first-order chi connectivity index (χ1) is 15.9. The van der Waals surface area contributed by atoms with E-state index in [2.05, 4.69) is 22.9 Å². The van der Waals surface area contributed by atoms with Crippen LogP contribution in [0, 0.1) is 23.1 Å². The normalized spacial score (nSPS) is 17.5. The van der Waals surface area contributed by atoms with Crippen molar-refractivity contribution < 1.29 is 14.0 Å². The number of halogens is 1. The fourth-order valence-corrected chi connectivity index (χ4v) is 4.04. The second-order valence-corrected chi connectivity index (χ2v) is 8.20. The lowest BCUT2D eigenvalue weighted by molar-refractivity contribution is -0.131. The molecular weight excluding hydrogens is 421 g/mol. The Kier molecular flexibility index (Phi) is 6.13. The van der Waals surface area contributed by atoms with E-state index in [1.54, 1.807) is 36.2 Å². The lowest BCUT2D eigenvalue weighted by Gasteiger charge is -2.25. The van der Waals surface area contributed by atoms with E-state index in [1.165, 1.54) is 17.0 Å². The number of fused-ring (bicyclic) bond motifs is 1. The molecule has 4 rings (SSSR count). The molecule has 1 aromatic heterocycles. The molecule has 2 amide bonds. The predicted molar refractivity (Wildman–Crippen MR) is 124 cm³/mol. The van der Waals surface area contributed by atoms with Crippen LogP contribution in [-0.4, -0.2) is 52.8 Å². The molecular formula is C25H24FN5O2. The first-order valence-corrected chi connectivity index (χ1v) is 10.6. The summed E-state index contributed by atoms with van der Waals surface area (Å²) in [5.41, 5.74) is 2.67. The zero-order chi connectivity index (χ0) is 23.5. The standard InChI is InChI=1S/C25H24FN5O2/c1-16(23-12-17-10-19(26)8-9-22(17)29-23)30(2)15-24(32)31-14-18(11-21(31)13-27)25(33)28-20-6-4-3-5-7-20/h3-10,12,18,21,29H,1,11,14-15H2,2H3,(H,28,33). The largest absolute Gasteiger partial charge is 0.364 e. The van der Waals surface area contributed by atoms with Gasteiger partial charge in [-0.05, 0) is 42.8 Å². The van der Waals surface area contributed by atoms with Gasteiger partial charge in [-0.1, -0.05) is 24.8 Å². The molecule has 0 radical (unpaired) electrons. The molecule has 8 heteroatoms. The number of benzene rings is 2. The van der Waals surface area contributed by atoms with Gasteiger partial charge in [0.05, 0.1) is 29.9 Å². The van der Waals surface area contributed by atoms with E-state index in [9.17, 15) is 19.2 Å². The van der Waals surface area contributed by atoms with Crippen molar-refractivity contribution in [1.29, 1.82) is 5.26 Å². The molecule has 33 heavy (non-hydrogen) atoms. The molecule has 1 aliphatic heterocycles. The van der Waals surface area contributed by atoms with E-state index in [4.69, 9.17) is 0 Å². The number of aromatic nitrogens is 1. The molecule has 2 atom stereocenters. The number of nitrogens with zero attached hydrogens (tertiary/aromatic N) is 3. The first-order valence-electron chi connectivity index (χ1n) is 10.6. The topological polar surface area (TPSA) is 92.2 Å². The summed E-state index contributed by atoms with van der Waals surface area (Å²) in [6.07, 6.45) is 0.291. The van der Waals surface area contributed by atoms with Crippen molar-refractivity contribution in [2.75, 3.05) is 25.5 Å². The van der Waals surface area contributed by atoms with Gasteiger partial charge < -0.3 is 20.1 Å². The number of H-pyrrole nitrogens is 1. The number of rotatable bonds is 6. The van der Waals surface area contributed by atoms with Crippen LogP contribution in [-0.2, 0) is 9.59 Å². The average molecular weight is 445 g/mol. The van der Waals surface area contributed by atoms with Crippen LogP contribution in [0.1, 0.15) is 12.1 Å². The van der Waals surface area contributed by atoms with E-state index in [1.807, 2.05) is 18.2 Å². The van der Waals surface area contributed by atoms with Gasteiger partial charge in [-0.15, -0.1) is 0 Å². The van der Waals surface area contributed by atoms with Crippen molar-refractivity contribution in [3.05, 3.63) is 72.7 Å². The third-order valence-electron chi connectivity index (χ3n) is 5.91. The molecule has 7 nitrogen and oxygen atoms in total. The molecule has 3 aromatic rings. The fourth-order valence-electron chi connectivity index (χ4n) is 4.04. The van der Waals surface area contributed by atoms with Gasteiger partial charge in [-0.2, -0.15) is 5.26 Å². The predicted octanol–water partition coefficient (Wildman–Crippen LogP) is 3.59. The molecule has 0 saturated carbocycles. The molecule has 0 aliphatic carbocycles. The summed E-state index contributed by atoms with van der Waals surface area (Å²) in [5.74, 6) is -1.26. The number of para-hydroxylation sites is 1. The summed E-state index contributed by atoms with van der Waals surface area (Å²) in [4.78, 5) is 32.0. The molecule has 2 N–H and O–H groups in total. The summed E-state index contributed by atoms with van der Waals surface area (Å²) in [5, 5.41) is 13.1. The van der Waals surface area contributed by atoms with Crippen LogP contribution in [0.25, 0.3) is 16.6 Å². The lowest BCUT2D eigenvalue weighted by atomic mass is 10.1. The minimum absolute atomic E-state index is 0.00619. The number of likely N-dealkylation sites (N-methyl/N-ethyl adjacent to an activating group) is 1. The molecule has 1 aliphatic rings. The monoisotopic (exact) mass is 445 g/mol. The van der Waals surface area contributed by atoms with Crippen molar-refractivity contribution >= 4 is 34.1 Å². The fraction of sp³-hybridized carbons (Fsp3) is 0.240. The zero-order valence-electron chi connectivity index (χ0n) is 18.2. The minimum atomic E-state index is -0.665. The Labute approximate surface area is 191 Å². The number of hydrogen-bond acceptors (Lipinski definition) is 4. The lowest BCUT2D eigenvalue weighted by Crippen LogP contribution is -2.41. The minimum Gasteiger partial charge on any atom is -0.364 e. The Balaban J connectivity index is 1.40. The van der Waals surface area contributed by atoms with Crippen molar-refractivity contribution in [1.82, 2.24) is 14.8 Å². The molecule has 1 fully saturated rings. The molecule has 2 aromatic carbocycles. The zero-order valence-corrected chi connectivity index (χ0v) is 18.2. The first kappa shape index (κ1) is 22.1. The highest BCUT2D eigenvalue weighted by molar-refractivity contribution is 5.94. The maximum atomic E-state index is 13.5. The van der Waals surface area contributed by atoms with Gasteiger partial charge in [0.2, 0.25) is 11.8 Å². The van der Waals surface area contributed by atoms with E-state index in [0.29, 0.717) is 28.9 Å². The number of likely N-dealkylation sites (tertiary alicyclic amines) is 1. The number of nitriles is 1. The van der Waals surface area contributed by atoms with E-state index in [-0.39, 0.29) is 30.7 Å². The quantitative estimate of drug-likeness (QED) is 0.607. The number of anilines is 1. The Morgan fingerprint density at radius 1 is 1.27 bits per heavy atom. The Hall–Kier alpha value is -4.12. The van der Waals surface area contributed by atoms with Crippen LogP contribution >= 0.6 is 0 Å². The maximum absolute atomic E-state index is 13.5. The number of aromatic amines is 1. The van der Waals surface area contributed by atoms with Crippen LogP contribution in [0.3, 0.4) is 0 Å². The number of carbonyl (C=O) groups excluding carboxylic acids is 2. The summed E-state index contributed by atoms with van der Waals surface area (Å²) in [6.45, 7) is 4.23. The van der Waals surface area contributed by atoms with Crippen molar-refractivity contribution in [2.45, 2.75) is 12.5 Å². The van der Waals surface area contributed by atoms with Crippen molar-refractivity contribution in [3.8, 4) is 6.07 Å². The molecule has 0 spiro atoms. The highest BCUT2D eigenvalue weighted by Gasteiger charge is 2.39. The van der Waals surface area contributed by atoms with Crippen molar-refractivity contribution in [2.24, 2.45) is 5.92 Å². The summed E-state index contributed by atoms with van der Waals surface area (Å²) in [6, 6.07) is 16.8. The third kappa shape index (κ3) is 4.72. The average Bonchev–Trinajstić information content (AvgIpc) is 3.43. The van der Waals surface area contributed by atoms with Gasteiger partial charge in [0.15, 0.2) is 0 Å². The second kappa shape index (κ2) is 9.17.